The minimum Gasteiger partial charge on any atom is -0.320 e. The van der Waals surface area contributed by atoms with Crippen molar-refractivity contribution in [2.75, 3.05) is 33.2 Å². The predicted molar refractivity (Wildman–Crippen MR) is 69.7 cm³/mol. The van der Waals surface area contributed by atoms with Gasteiger partial charge in [0.25, 0.3) is 0 Å². The van der Waals surface area contributed by atoms with Gasteiger partial charge < -0.3 is 10.2 Å². The van der Waals surface area contributed by atoms with Gasteiger partial charge in [-0.2, -0.15) is 0 Å². The molecule has 2 heteroatoms. The van der Waals surface area contributed by atoms with Gasteiger partial charge >= 0.3 is 0 Å². The van der Waals surface area contributed by atoms with E-state index in [4.69, 9.17) is 0 Å². The van der Waals surface area contributed by atoms with Crippen LogP contribution in [0.15, 0.2) is 0 Å². The maximum absolute atomic E-state index is 3.27. The molecule has 0 aromatic rings. The van der Waals surface area contributed by atoms with E-state index in [2.05, 4.69) is 24.2 Å². The fraction of sp³-hybridized carbons (Fsp3) is 1.00. The monoisotopic (exact) mass is 224 g/mol. The van der Waals surface area contributed by atoms with Crippen LogP contribution in [0.5, 0.6) is 0 Å². The third-order valence-corrected chi connectivity index (χ3v) is 4.70. The lowest BCUT2D eigenvalue weighted by molar-refractivity contribution is -0.0155. The summed E-state index contributed by atoms with van der Waals surface area (Å²) in [5, 5.41) is 3.27. The highest BCUT2D eigenvalue weighted by molar-refractivity contribution is 4.96. The van der Waals surface area contributed by atoms with Crippen LogP contribution < -0.4 is 5.32 Å². The zero-order valence-corrected chi connectivity index (χ0v) is 11.1. The van der Waals surface area contributed by atoms with E-state index in [9.17, 15) is 0 Å². The van der Waals surface area contributed by atoms with Crippen LogP contribution in [-0.4, -0.2) is 38.1 Å². The Balaban J connectivity index is 1.66. The molecule has 94 valence electrons. The van der Waals surface area contributed by atoms with Crippen LogP contribution in [0.2, 0.25) is 0 Å². The van der Waals surface area contributed by atoms with Crippen LogP contribution in [-0.2, 0) is 0 Å². The van der Waals surface area contributed by atoms with Gasteiger partial charge in [-0.25, -0.2) is 0 Å². The van der Waals surface area contributed by atoms with E-state index < -0.39 is 0 Å². The molecule has 2 aliphatic rings. The normalized spacial score (nSPS) is 25.9. The summed E-state index contributed by atoms with van der Waals surface area (Å²) in [7, 11) is 2.07. The van der Waals surface area contributed by atoms with Gasteiger partial charge in [0.15, 0.2) is 0 Å². The van der Waals surface area contributed by atoms with Crippen molar-refractivity contribution < 1.29 is 0 Å². The second kappa shape index (κ2) is 5.50. The van der Waals surface area contributed by atoms with Crippen molar-refractivity contribution >= 4 is 0 Å². The zero-order valence-electron chi connectivity index (χ0n) is 11.1. The van der Waals surface area contributed by atoms with Gasteiger partial charge in [-0.05, 0) is 83.1 Å². The molecule has 1 heterocycles. The highest BCUT2D eigenvalue weighted by Gasteiger charge is 2.44. The van der Waals surface area contributed by atoms with Crippen LogP contribution in [0, 0.1) is 11.3 Å². The summed E-state index contributed by atoms with van der Waals surface area (Å²) in [4.78, 5) is 2.66. The topological polar surface area (TPSA) is 15.3 Å². The van der Waals surface area contributed by atoms with E-state index in [1.807, 2.05) is 0 Å². The standard InChI is InChI=1S/C14H28N2/c1-3-8-16-9-5-14(6-10-16)11-13(12-14)4-7-15-2/h13,15H,3-12H2,1-2H3. The van der Waals surface area contributed by atoms with Gasteiger partial charge in [-0.1, -0.05) is 6.92 Å². The molecule has 2 nitrogen and oxygen atoms in total. The van der Waals surface area contributed by atoms with Crippen LogP contribution in [0.4, 0.5) is 0 Å². The van der Waals surface area contributed by atoms with Crippen LogP contribution in [0.1, 0.15) is 45.4 Å². The van der Waals surface area contributed by atoms with Gasteiger partial charge in [0, 0.05) is 0 Å². The highest BCUT2D eigenvalue weighted by atomic mass is 15.1. The summed E-state index contributed by atoms with van der Waals surface area (Å²) in [6.45, 7) is 7.56. The lowest BCUT2D eigenvalue weighted by atomic mass is 9.57. The minimum atomic E-state index is 0.780. The number of nitrogens with one attached hydrogen (secondary N) is 1. The number of nitrogens with zero attached hydrogens (tertiary/aromatic N) is 1. The van der Waals surface area contributed by atoms with Crippen LogP contribution in [0.25, 0.3) is 0 Å². The second-order valence-electron chi connectivity index (χ2n) is 6.01. The number of hydrogen-bond donors (Lipinski definition) is 1. The van der Waals surface area contributed by atoms with Crippen LogP contribution in [0.3, 0.4) is 0 Å². The molecular weight excluding hydrogens is 196 g/mol. The second-order valence-corrected chi connectivity index (χ2v) is 6.01. The maximum Gasteiger partial charge on any atom is -0.00134 e. The predicted octanol–water partition coefficient (Wildman–Crippen LogP) is 2.50. The van der Waals surface area contributed by atoms with E-state index in [0.717, 1.165) is 11.3 Å². The molecule has 1 aliphatic heterocycles. The van der Waals surface area contributed by atoms with E-state index in [1.54, 1.807) is 0 Å². The average Bonchev–Trinajstić information content (AvgIpc) is 2.26. The third-order valence-electron chi connectivity index (χ3n) is 4.70. The Hall–Kier alpha value is -0.0800. The van der Waals surface area contributed by atoms with Crippen molar-refractivity contribution in [1.29, 1.82) is 0 Å². The Bertz CT molecular complexity index is 191. The molecule has 1 saturated carbocycles. The third kappa shape index (κ3) is 2.78. The van der Waals surface area contributed by atoms with Crippen molar-refractivity contribution in [2.24, 2.45) is 11.3 Å². The smallest absolute Gasteiger partial charge is 0.00134 e. The van der Waals surface area contributed by atoms with E-state index in [-0.39, 0.29) is 0 Å². The zero-order chi connectivity index (χ0) is 11.4. The average molecular weight is 224 g/mol. The Morgan fingerprint density at radius 3 is 2.50 bits per heavy atom. The molecule has 0 aromatic heterocycles. The SMILES string of the molecule is CCCN1CCC2(CC1)CC(CCNC)C2. The highest BCUT2D eigenvalue weighted by Crippen LogP contribution is 2.53. The molecule has 0 aromatic carbocycles. The lowest BCUT2D eigenvalue weighted by Gasteiger charge is -2.52. The number of hydrogen-bond acceptors (Lipinski definition) is 2. The molecule has 2 fully saturated rings. The largest absolute Gasteiger partial charge is 0.320 e. The summed E-state index contributed by atoms with van der Waals surface area (Å²) in [6, 6.07) is 0. The van der Waals surface area contributed by atoms with Gasteiger partial charge in [-0.15, -0.1) is 0 Å². The molecular formula is C14H28N2. The Morgan fingerprint density at radius 2 is 1.94 bits per heavy atom. The molecule has 1 spiro atoms. The summed E-state index contributed by atoms with van der Waals surface area (Å²) >= 11 is 0. The molecule has 0 amide bonds. The lowest BCUT2D eigenvalue weighted by Crippen LogP contribution is -2.47. The molecule has 0 atom stereocenters. The summed E-state index contributed by atoms with van der Waals surface area (Å²) in [6.07, 6.45) is 8.71. The molecule has 1 N–H and O–H groups in total. The first kappa shape index (κ1) is 12.4. The van der Waals surface area contributed by atoms with Crippen molar-refractivity contribution in [1.82, 2.24) is 10.2 Å². The van der Waals surface area contributed by atoms with Crippen molar-refractivity contribution in [3.8, 4) is 0 Å². The van der Waals surface area contributed by atoms with Gasteiger partial charge in [0.2, 0.25) is 0 Å². The molecule has 2 rings (SSSR count). The Labute approximate surface area is 101 Å². The van der Waals surface area contributed by atoms with Gasteiger partial charge in [0.05, 0.1) is 0 Å². The number of likely N-dealkylation sites (tertiary alicyclic amines) is 1. The molecule has 16 heavy (non-hydrogen) atoms. The van der Waals surface area contributed by atoms with Crippen molar-refractivity contribution in [3.05, 3.63) is 0 Å². The number of piperidine rings is 1. The molecule has 0 radical (unpaired) electrons. The summed E-state index contributed by atoms with van der Waals surface area (Å²) < 4.78 is 0. The Kier molecular flexibility index (Phi) is 4.26. The fourth-order valence-electron chi connectivity index (χ4n) is 3.69. The van der Waals surface area contributed by atoms with Crippen LogP contribution >= 0.6 is 0 Å². The summed E-state index contributed by atoms with van der Waals surface area (Å²) in [5.74, 6) is 1.03. The van der Waals surface area contributed by atoms with E-state index in [0.29, 0.717) is 0 Å². The van der Waals surface area contributed by atoms with Crippen molar-refractivity contribution in [2.45, 2.75) is 45.4 Å². The Morgan fingerprint density at radius 1 is 1.25 bits per heavy atom. The first-order chi connectivity index (χ1) is 7.78. The minimum absolute atomic E-state index is 0.780. The maximum atomic E-state index is 3.27. The molecule has 1 aliphatic carbocycles. The van der Waals surface area contributed by atoms with Gasteiger partial charge in [0.1, 0.15) is 0 Å². The van der Waals surface area contributed by atoms with Gasteiger partial charge in [-0.3, -0.25) is 0 Å². The van der Waals surface area contributed by atoms with E-state index in [1.165, 1.54) is 64.7 Å². The summed E-state index contributed by atoms with van der Waals surface area (Å²) in [5.41, 5.74) is 0.780. The first-order valence-corrected chi connectivity index (χ1v) is 7.15. The van der Waals surface area contributed by atoms with E-state index >= 15 is 0 Å². The number of rotatable bonds is 5. The molecule has 0 bridgehead atoms. The molecule has 0 unspecified atom stereocenters. The first-order valence-electron chi connectivity index (χ1n) is 7.15. The fourth-order valence-corrected chi connectivity index (χ4v) is 3.69. The quantitative estimate of drug-likeness (QED) is 0.772. The van der Waals surface area contributed by atoms with Crippen molar-refractivity contribution in [3.63, 3.8) is 0 Å². The molecule has 1 saturated heterocycles.